The van der Waals surface area contributed by atoms with Gasteiger partial charge in [-0.25, -0.2) is 9.42 Å². The molecule has 0 aromatic carbocycles. The lowest BCUT2D eigenvalue weighted by Crippen LogP contribution is -2.27. The molecular formula is C7H15N2O2P. The minimum Gasteiger partial charge on any atom is -0.312 e. The van der Waals surface area contributed by atoms with E-state index >= 15 is 0 Å². The van der Waals surface area contributed by atoms with E-state index in [0.29, 0.717) is 0 Å². The van der Waals surface area contributed by atoms with Crippen molar-refractivity contribution in [1.29, 1.82) is 0 Å². The highest BCUT2D eigenvalue weighted by atomic mass is 31.2. The highest BCUT2D eigenvalue weighted by Crippen LogP contribution is 2.57. The van der Waals surface area contributed by atoms with Crippen LogP contribution in [0.4, 0.5) is 0 Å². The Hall–Kier alpha value is 0.110. The molecule has 5 heteroatoms. The summed E-state index contributed by atoms with van der Waals surface area (Å²) in [4.78, 5) is 0. The van der Waals surface area contributed by atoms with Crippen LogP contribution in [0.2, 0.25) is 0 Å². The van der Waals surface area contributed by atoms with Crippen molar-refractivity contribution in [2.75, 3.05) is 33.4 Å². The monoisotopic (exact) mass is 190 g/mol. The second-order valence-corrected chi connectivity index (χ2v) is 5.57. The summed E-state index contributed by atoms with van der Waals surface area (Å²) < 4.78 is 18.0. The first kappa shape index (κ1) is 8.70. The molecule has 0 radical (unpaired) electrons. The molecule has 0 amide bonds. The van der Waals surface area contributed by atoms with Gasteiger partial charge in [0.05, 0.1) is 13.2 Å². The molecule has 0 bridgehead atoms. The molecule has 0 aliphatic carbocycles. The maximum Gasteiger partial charge on any atom is 0.289 e. The average Bonchev–Trinajstić information content (AvgIpc) is 2.12. The molecule has 2 aliphatic rings. The van der Waals surface area contributed by atoms with Crippen LogP contribution in [0, 0.1) is 0 Å². The van der Waals surface area contributed by atoms with Crippen LogP contribution < -0.4 is 0 Å². The smallest absolute Gasteiger partial charge is 0.289 e. The summed E-state index contributed by atoms with van der Waals surface area (Å²) in [5.41, 5.74) is 0. The van der Waals surface area contributed by atoms with Gasteiger partial charge in [-0.3, -0.25) is 0 Å². The molecular weight excluding hydrogens is 175 g/mol. The molecule has 2 aliphatic heterocycles. The molecule has 4 nitrogen and oxygen atoms in total. The molecule has 0 aromatic rings. The summed E-state index contributed by atoms with van der Waals surface area (Å²) in [6.45, 7) is 3.57. The van der Waals surface area contributed by atoms with E-state index in [1.54, 1.807) is 0 Å². The lowest BCUT2D eigenvalue weighted by Gasteiger charge is -2.37. The van der Waals surface area contributed by atoms with Crippen molar-refractivity contribution in [2.24, 2.45) is 4.74 Å². The average molecular weight is 190 g/mol. The van der Waals surface area contributed by atoms with Crippen molar-refractivity contribution < 1.29 is 9.05 Å². The van der Waals surface area contributed by atoms with Crippen molar-refractivity contribution in [1.82, 2.24) is 4.67 Å². The molecule has 1 unspecified atom stereocenters. The van der Waals surface area contributed by atoms with Crippen LogP contribution in [0.5, 0.6) is 0 Å². The first-order valence-corrected chi connectivity index (χ1v) is 5.95. The molecule has 1 spiro atoms. The van der Waals surface area contributed by atoms with E-state index in [1.165, 1.54) is 0 Å². The van der Waals surface area contributed by atoms with Gasteiger partial charge in [-0.1, -0.05) is 0 Å². The van der Waals surface area contributed by atoms with E-state index in [9.17, 15) is 0 Å². The topological polar surface area (TPSA) is 34.1 Å². The Bertz CT molecular complexity index is 219. The van der Waals surface area contributed by atoms with Gasteiger partial charge in [0.2, 0.25) is 0 Å². The normalized spacial score (nSPS) is 38.1. The summed E-state index contributed by atoms with van der Waals surface area (Å²) in [6, 6.07) is 0. The molecule has 1 fully saturated rings. The van der Waals surface area contributed by atoms with Crippen molar-refractivity contribution >= 4 is 7.66 Å². The maximum absolute atomic E-state index is 5.67. The minimum absolute atomic E-state index is 0.807. The molecule has 1 saturated heterocycles. The van der Waals surface area contributed by atoms with Gasteiger partial charge in [0.15, 0.2) is 0 Å². The van der Waals surface area contributed by atoms with Crippen molar-refractivity contribution in [3.05, 3.63) is 0 Å². The van der Waals surface area contributed by atoms with Gasteiger partial charge in [0, 0.05) is 13.1 Å². The van der Waals surface area contributed by atoms with E-state index in [2.05, 4.69) is 9.42 Å². The second kappa shape index (κ2) is 3.46. The third-order valence-corrected chi connectivity index (χ3v) is 4.82. The van der Waals surface area contributed by atoms with E-state index in [1.807, 2.05) is 7.05 Å². The Morgan fingerprint density at radius 3 is 2.67 bits per heavy atom. The molecule has 2 heterocycles. The summed E-state index contributed by atoms with van der Waals surface area (Å²) in [5, 5.41) is 0. The third kappa shape index (κ3) is 1.44. The second-order valence-electron chi connectivity index (χ2n) is 3.11. The molecule has 0 N–H and O–H groups in total. The number of hydrogen-bond donors (Lipinski definition) is 0. The maximum atomic E-state index is 5.67. The minimum atomic E-state index is -1.92. The molecule has 2 rings (SSSR count). The predicted octanol–water partition coefficient (Wildman–Crippen LogP) is 1.70. The summed E-state index contributed by atoms with van der Waals surface area (Å²) in [5.74, 6) is 0. The van der Waals surface area contributed by atoms with Gasteiger partial charge in [-0.15, -0.1) is 0 Å². The zero-order valence-corrected chi connectivity index (χ0v) is 8.30. The predicted molar refractivity (Wildman–Crippen MR) is 48.0 cm³/mol. The largest absolute Gasteiger partial charge is 0.312 e. The fraction of sp³-hybridized carbons (Fsp3) is 1.00. The van der Waals surface area contributed by atoms with Gasteiger partial charge < -0.3 is 9.05 Å². The van der Waals surface area contributed by atoms with Crippen LogP contribution in [0.3, 0.4) is 0 Å². The Morgan fingerprint density at radius 2 is 2.00 bits per heavy atom. The Balaban J connectivity index is 2.20. The van der Waals surface area contributed by atoms with Gasteiger partial charge in [-0.05, 0) is 19.9 Å². The Morgan fingerprint density at radius 1 is 1.25 bits per heavy atom. The van der Waals surface area contributed by atoms with Gasteiger partial charge in [0.25, 0.3) is 7.66 Å². The molecule has 12 heavy (non-hydrogen) atoms. The van der Waals surface area contributed by atoms with E-state index < -0.39 is 7.66 Å². The zero-order chi connectivity index (χ0) is 8.44. The summed E-state index contributed by atoms with van der Waals surface area (Å²) >= 11 is 0. The Labute approximate surface area is 73.1 Å². The van der Waals surface area contributed by atoms with Gasteiger partial charge in [0.1, 0.15) is 0 Å². The van der Waals surface area contributed by atoms with Gasteiger partial charge in [-0.2, -0.15) is 0 Å². The first-order valence-electron chi connectivity index (χ1n) is 4.42. The van der Waals surface area contributed by atoms with E-state index in [4.69, 9.17) is 9.05 Å². The van der Waals surface area contributed by atoms with Crippen molar-refractivity contribution in [2.45, 2.75) is 12.8 Å². The van der Waals surface area contributed by atoms with Gasteiger partial charge >= 0.3 is 0 Å². The lowest BCUT2D eigenvalue weighted by molar-refractivity contribution is 0.158. The standard InChI is InChI=1S/C7H15N2O2P/c1-9-5-3-7-11-12(9)8-4-2-6-10-12/h2-7H2,1H3. The highest BCUT2D eigenvalue weighted by molar-refractivity contribution is 7.54. The van der Waals surface area contributed by atoms with Crippen LogP contribution in [0.15, 0.2) is 4.74 Å². The van der Waals surface area contributed by atoms with Crippen LogP contribution in [0.25, 0.3) is 0 Å². The van der Waals surface area contributed by atoms with E-state index in [0.717, 1.165) is 39.1 Å². The highest BCUT2D eigenvalue weighted by Gasteiger charge is 2.32. The van der Waals surface area contributed by atoms with Crippen LogP contribution in [0.1, 0.15) is 12.8 Å². The SMILES string of the molecule is CN1CCCOP12=NCCCO2. The van der Waals surface area contributed by atoms with Crippen molar-refractivity contribution in [3.8, 4) is 0 Å². The molecule has 70 valence electrons. The Kier molecular flexibility index (Phi) is 2.51. The number of hydrogen-bond acceptors (Lipinski definition) is 4. The number of rotatable bonds is 0. The third-order valence-electron chi connectivity index (χ3n) is 2.16. The van der Waals surface area contributed by atoms with Crippen molar-refractivity contribution in [3.63, 3.8) is 0 Å². The number of nitrogens with zero attached hydrogens (tertiary/aromatic N) is 2. The first-order chi connectivity index (χ1) is 5.83. The van der Waals surface area contributed by atoms with E-state index in [-0.39, 0.29) is 0 Å². The summed E-state index contributed by atoms with van der Waals surface area (Å²) in [7, 11) is 0.126. The fourth-order valence-corrected chi connectivity index (χ4v) is 3.84. The quantitative estimate of drug-likeness (QED) is 0.545. The van der Waals surface area contributed by atoms with Crippen LogP contribution in [-0.4, -0.2) is 38.0 Å². The van der Waals surface area contributed by atoms with Crippen LogP contribution in [-0.2, 0) is 9.05 Å². The molecule has 0 saturated carbocycles. The molecule has 1 atom stereocenters. The lowest BCUT2D eigenvalue weighted by atomic mass is 10.5. The summed E-state index contributed by atoms with van der Waals surface area (Å²) in [6.07, 6.45) is 2.13. The molecule has 0 aromatic heterocycles. The fourth-order valence-electron chi connectivity index (χ4n) is 1.47. The zero-order valence-electron chi connectivity index (χ0n) is 7.40. The van der Waals surface area contributed by atoms with Crippen LogP contribution >= 0.6 is 7.66 Å².